The maximum absolute atomic E-state index is 12.9. The van der Waals surface area contributed by atoms with E-state index < -0.39 is 0 Å². The molecular formula is C26H28BN5O3. The predicted octanol–water partition coefficient (Wildman–Crippen LogP) is 2.38. The number of nitriles is 1. The lowest BCUT2D eigenvalue weighted by Crippen LogP contribution is -2.24. The molecule has 1 aromatic heterocycles. The number of piperidine rings is 1. The van der Waals surface area contributed by atoms with E-state index in [1.165, 1.54) is 0 Å². The Morgan fingerprint density at radius 1 is 1.26 bits per heavy atom. The van der Waals surface area contributed by atoms with E-state index in [2.05, 4.69) is 27.0 Å². The summed E-state index contributed by atoms with van der Waals surface area (Å²) in [6.07, 6.45) is 4.91. The van der Waals surface area contributed by atoms with E-state index in [0.717, 1.165) is 42.7 Å². The molecule has 35 heavy (non-hydrogen) atoms. The van der Waals surface area contributed by atoms with Crippen LogP contribution in [0.2, 0.25) is 0 Å². The smallest absolute Gasteiger partial charge is 0.248 e. The molecule has 0 unspecified atom stereocenters. The van der Waals surface area contributed by atoms with Crippen molar-refractivity contribution in [2.45, 2.75) is 12.8 Å². The summed E-state index contributed by atoms with van der Waals surface area (Å²) in [6.45, 7) is 2.47. The molecule has 8 nitrogen and oxygen atoms in total. The largest absolute Gasteiger partial charge is 0.489 e. The maximum atomic E-state index is 12.9. The van der Waals surface area contributed by atoms with Gasteiger partial charge in [0.25, 0.3) is 0 Å². The first-order valence-corrected chi connectivity index (χ1v) is 11.6. The van der Waals surface area contributed by atoms with E-state index in [1.807, 2.05) is 38.2 Å². The minimum Gasteiger partial charge on any atom is -0.489 e. The van der Waals surface area contributed by atoms with Crippen molar-refractivity contribution in [3.05, 3.63) is 59.8 Å². The number of carbonyl (C=O) groups is 1. The van der Waals surface area contributed by atoms with Crippen LogP contribution in [-0.4, -0.2) is 52.2 Å². The van der Waals surface area contributed by atoms with Crippen LogP contribution in [0.25, 0.3) is 10.9 Å². The molecule has 1 fully saturated rings. The SMILES string of the molecule is Bc1cccc(Nc2c(C#N)cnc3cc(OCCOC)c(NC(=O)C=C4CCNCC4)cc23)c1. The second kappa shape index (κ2) is 11.5. The normalized spacial score (nSPS) is 13.2. The van der Waals surface area contributed by atoms with Crippen molar-refractivity contribution in [2.75, 3.05) is 44.0 Å². The molecular weight excluding hydrogens is 441 g/mol. The average molecular weight is 469 g/mol. The number of ether oxygens (including phenoxy) is 2. The van der Waals surface area contributed by atoms with E-state index in [1.54, 1.807) is 25.4 Å². The first kappa shape index (κ1) is 24.3. The number of hydrogen-bond donors (Lipinski definition) is 3. The molecule has 1 saturated heterocycles. The molecule has 0 bridgehead atoms. The van der Waals surface area contributed by atoms with Crippen molar-refractivity contribution < 1.29 is 14.3 Å². The third-order valence-corrected chi connectivity index (χ3v) is 5.76. The minimum absolute atomic E-state index is 0.213. The summed E-state index contributed by atoms with van der Waals surface area (Å²) in [4.78, 5) is 17.3. The summed E-state index contributed by atoms with van der Waals surface area (Å²) in [5.74, 6) is 0.278. The molecule has 9 heteroatoms. The highest BCUT2D eigenvalue weighted by Gasteiger charge is 2.16. The Labute approximate surface area is 205 Å². The number of carbonyl (C=O) groups excluding carboxylic acids is 1. The molecule has 4 rings (SSSR count). The molecule has 178 valence electrons. The van der Waals surface area contributed by atoms with Gasteiger partial charge in [0.1, 0.15) is 26.3 Å². The Kier molecular flexibility index (Phi) is 7.98. The number of aromatic nitrogens is 1. The van der Waals surface area contributed by atoms with Crippen LogP contribution in [0.15, 0.2) is 54.2 Å². The fourth-order valence-corrected chi connectivity index (χ4v) is 4.00. The van der Waals surface area contributed by atoms with Gasteiger partial charge in [0.05, 0.1) is 29.1 Å². The quantitative estimate of drug-likeness (QED) is 0.264. The van der Waals surface area contributed by atoms with Gasteiger partial charge in [-0.2, -0.15) is 5.26 Å². The summed E-state index contributed by atoms with van der Waals surface area (Å²) in [5, 5.41) is 20.1. The Hall–Kier alpha value is -3.87. The lowest BCUT2D eigenvalue weighted by atomic mass is 9.96. The molecule has 1 aliphatic rings. The van der Waals surface area contributed by atoms with E-state index in [-0.39, 0.29) is 5.91 Å². The fourth-order valence-electron chi connectivity index (χ4n) is 4.00. The molecule has 0 atom stereocenters. The third-order valence-electron chi connectivity index (χ3n) is 5.76. The van der Waals surface area contributed by atoms with Crippen LogP contribution < -0.4 is 26.2 Å². The van der Waals surface area contributed by atoms with Gasteiger partial charge in [-0.1, -0.05) is 23.2 Å². The van der Waals surface area contributed by atoms with Crippen LogP contribution in [0.1, 0.15) is 18.4 Å². The van der Waals surface area contributed by atoms with Gasteiger partial charge in [-0.3, -0.25) is 9.78 Å². The van der Waals surface area contributed by atoms with Crippen molar-refractivity contribution in [3.63, 3.8) is 0 Å². The monoisotopic (exact) mass is 469 g/mol. The predicted molar refractivity (Wildman–Crippen MR) is 141 cm³/mol. The van der Waals surface area contributed by atoms with Gasteiger partial charge in [-0.05, 0) is 44.1 Å². The lowest BCUT2D eigenvalue weighted by Gasteiger charge is -2.17. The van der Waals surface area contributed by atoms with Crippen LogP contribution >= 0.6 is 0 Å². The van der Waals surface area contributed by atoms with E-state index in [0.29, 0.717) is 46.8 Å². The summed E-state index contributed by atoms with van der Waals surface area (Å²) < 4.78 is 11.0. The van der Waals surface area contributed by atoms with Crippen molar-refractivity contribution >= 4 is 47.2 Å². The highest BCUT2D eigenvalue weighted by Crippen LogP contribution is 2.36. The molecule has 0 spiro atoms. The van der Waals surface area contributed by atoms with E-state index in [9.17, 15) is 10.1 Å². The number of fused-ring (bicyclic) bond motifs is 1. The zero-order chi connectivity index (χ0) is 24.6. The molecule has 0 aliphatic carbocycles. The van der Waals surface area contributed by atoms with Gasteiger partial charge >= 0.3 is 0 Å². The molecule has 0 radical (unpaired) electrons. The minimum atomic E-state index is -0.213. The highest BCUT2D eigenvalue weighted by atomic mass is 16.5. The zero-order valence-electron chi connectivity index (χ0n) is 20.0. The summed E-state index contributed by atoms with van der Waals surface area (Å²) >= 11 is 0. The first-order chi connectivity index (χ1) is 17.1. The van der Waals surface area contributed by atoms with Crippen LogP contribution in [0.4, 0.5) is 17.1 Å². The second-order valence-electron chi connectivity index (χ2n) is 8.40. The highest BCUT2D eigenvalue weighted by molar-refractivity contribution is 6.32. The summed E-state index contributed by atoms with van der Waals surface area (Å²) in [6, 6.07) is 13.7. The van der Waals surface area contributed by atoms with Gasteiger partial charge < -0.3 is 25.4 Å². The van der Waals surface area contributed by atoms with Crippen molar-refractivity contribution in [2.24, 2.45) is 0 Å². The number of rotatable bonds is 8. The topological polar surface area (TPSA) is 108 Å². The van der Waals surface area contributed by atoms with Crippen LogP contribution in [0, 0.1) is 11.3 Å². The van der Waals surface area contributed by atoms with Crippen LogP contribution in [0.3, 0.4) is 0 Å². The van der Waals surface area contributed by atoms with Crippen LogP contribution in [0.5, 0.6) is 5.75 Å². The number of anilines is 3. The van der Waals surface area contributed by atoms with Crippen molar-refractivity contribution in [3.8, 4) is 11.8 Å². The average Bonchev–Trinajstić information content (AvgIpc) is 2.85. The third kappa shape index (κ3) is 6.18. The van der Waals surface area contributed by atoms with Gasteiger partial charge in [-0.25, -0.2) is 0 Å². The molecule has 0 saturated carbocycles. The fraction of sp³-hybridized carbons (Fsp3) is 0.269. The Morgan fingerprint density at radius 3 is 2.83 bits per heavy atom. The standard InChI is InChI=1S/C26H28BN5O3/c1-34-9-10-35-24-14-22-21(13-23(24)32-25(33)11-17-5-7-29-8-6-17)26(18(15-28)16-30-22)31-20-4-2-3-19(27)12-20/h2-4,11-14,16,29H,5-10,27H2,1H3,(H,30,31)(H,32,33). The Bertz CT molecular complexity index is 1290. The molecule has 2 aromatic carbocycles. The number of pyridine rings is 1. The van der Waals surface area contributed by atoms with Gasteiger partial charge in [-0.15, -0.1) is 0 Å². The van der Waals surface area contributed by atoms with Gasteiger partial charge in [0, 0.05) is 36.5 Å². The molecule has 3 N–H and O–H groups in total. The number of nitrogens with zero attached hydrogens (tertiary/aromatic N) is 2. The number of benzene rings is 2. The van der Waals surface area contributed by atoms with E-state index in [4.69, 9.17) is 9.47 Å². The summed E-state index contributed by atoms with van der Waals surface area (Å²) in [5.41, 5.74) is 5.24. The molecule has 1 aliphatic heterocycles. The lowest BCUT2D eigenvalue weighted by molar-refractivity contribution is -0.112. The molecule has 2 heterocycles. The Balaban J connectivity index is 1.75. The molecule has 3 aromatic rings. The zero-order valence-corrected chi connectivity index (χ0v) is 20.0. The van der Waals surface area contributed by atoms with Crippen molar-refractivity contribution in [1.29, 1.82) is 5.26 Å². The summed E-state index contributed by atoms with van der Waals surface area (Å²) in [7, 11) is 3.61. The number of nitrogens with one attached hydrogen (secondary N) is 3. The number of amides is 1. The van der Waals surface area contributed by atoms with Crippen LogP contribution in [-0.2, 0) is 9.53 Å². The molecule has 1 amide bonds. The maximum Gasteiger partial charge on any atom is 0.248 e. The number of hydrogen-bond acceptors (Lipinski definition) is 7. The van der Waals surface area contributed by atoms with E-state index >= 15 is 0 Å². The van der Waals surface area contributed by atoms with Gasteiger partial charge in [0.2, 0.25) is 5.91 Å². The van der Waals surface area contributed by atoms with Crippen molar-refractivity contribution in [1.82, 2.24) is 10.3 Å². The van der Waals surface area contributed by atoms with Gasteiger partial charge in [0.15, 0.2) is 0 Å². The number of methoxy groups -OCH3 is 1. The second-order valence-corrected chi connectivity index (χ2v) is 8.40. The first-order valence-electron chi connectivity index (χ1n) is 11.6. The Morgan fingerprint density at radius 2 is 2.09 bits per heavy atom.